The van der Waals surface area contributed by atoms with Gasteiger partial charge in [0.15, 0.2) is 6.29 Å². The Hall–Kier alpha value is -3.14. The van der Waals surface area contributed by atoms with Gasteiger partial charge >= 0.3 is 5.97 Å². The van der Waals surface area contributed by atoms with Crippen LogP contribution in [0.3, 0.4) is 0 Å². The number of rotatable bonds is 9. The van der Waals surface area contributed by atoms with E-state index in [9.17, 15) is 34.7 Å². The van der Waals surface area contributed by atoms with Crippen LogP contribution in [0.15, 0.2) is 46.8 Å². The van der Waals surface area contributed by atoms with Crippen molar-refractivity contribution in [2.24, 2.45) is 27.6 Å². The highest BCUT2D eigenvalue weighted by molar-refractivity contribution is 6.38. The lowest BCUT2D eigenvalue weighted by molar-refractivity contribution is -0.300. The number of nitrogens with zero attached hydrogens (tertiary/aromatic N) is 2. The van der Waals surface area contributed by atoms with Crippen molar-refractivity contribution in [1.82, 2.24) is 5.32 Å². The van der Waals surface area contributed by atoms with Gasteiger partial charge in [-0.3, -0.25) is 9.79 Å². The first kappa shape index (κ1) is 28.4. The van der Waals surface area contributed by atoms with Crippen LogP contribution in [-0.4, -0.2) is 98.9 Å². The third-order valence-corrected chi connectivity index (χ3v) is 6.39. The SMILES string of the molecule is N/C=C\NC1CC(C(=O)O)CC(OC2OC(CO)C(O)C(N=CC(=NN)c3cccc(F)c3)C2O)C1O. The van der Waals surface area contributed by atoms with Crippen molar-refractivity contribution in [3.8, 4) is 0 Å². The Morgan fingerprint density at radius 3 is 2.62 bits per heavy atom. The lowest BCUT2D eigenvalue weighted by Crippen LogP contribution is -2.61. The van der Waals surface area contributed by atoms with E-state index in [2.05, 4.69) is 15.4 Å². The first-order valence-corrected chi connectivity index (χ1v) is 11.6. The minimum atomic E-state index is -1.60. The van der Waals surface area contributed by atoms with E-state index in [-0.39, 0.29) is 18.6 Å². The van der Waals surface area contributed by atoms with E-state index in [1.807, 2.05) is 0 Å². The van der Waals surface area contributed by atoms with Gasteiger partial charge in [0, 0.05) is 24.2 Å². The normalized spacial score (nSPS) is 35.2. The number of halogens is 1. The molecule has 14 heteroatoms. The van der Waals surface area contributed by atoms with Gasteiger partial charge in [-0.1, -0.05) is 12.1 Å². The van der Waals surface area contributed by atoms with E-state index in [4.69, 9.17) is 21.1 Å². The first-order valence-electron chi connectivity index (χ1n) is 11.6. The van der Waals surface area contributed by atoms with Gasteiger partial charge in [0.25, 0.3) is 0 Å². The zero-order valence-corrected chi connectivity index (χ0v) is 19.7. The first-order chi connectivity index (χ1) is 17.7. The summed E-state index contributed by atoms with van der Waals surface area (Å²) in [7, 11) is 0. The average molecular weight is 526 g/mol. The molecule has 2 aliphatic rings. The Morgan fingerprint density at radius 1 is 1.24 bits per heavy atom. The smallest absolute Gasteiger partial charge is 0.306 e. The Balaban J connectivity index is 1.81. The fourth-order valence-corrected chi connectivity index (χ4v) is 4.42. The minimum absolute atomic E-state index is 0.0530. The monoisotopic (exact) mass is 525 g/mol. The predicted octanol–water partition coefficient (Wildman–Crippen LogP) is -2.00. The standard InChI is InChI=1S/C23H32FN5O8/c24-13-3-1-2-11(6-13)15(29-26)9-28-18-20(32)17(10-30)37-23(21(18)33)36-16-8-12(22(34)35)7-14(19(16)31)27-5-4-25/h1-6,9,12,14,16-21,23,27,30-33H,7-8,10,25-26H2,(H,34,35)/b5-4-,28-9?,29-15?. The summed E-state index contributed by atoms with van der Waals surface area (Å²) in [4.78, 5) is 15.8. The molecule has 1 saturated heterocycles. The van der Waals surface area contributed by atoms with E-state index in [0.717, 1.165) is 6.21 Å². The minimum Gasteiger partial charge on any atom is -0.481 e. The molecule has 1 aliphatic heterocycles. The number of aliphatic carboxylic acids is 1. The zero-order chi connectivity index (χ0) is 27.1. The highest BCUT2D eigenvalue weighted by Gasteiger charge is 2.48. The van der Waals surface area contributed by atoms with Crippen LogP contribution in [0.4, 0.5) is 4.39 Å². The number of carboxylic acid groups (broad SMARTS) is 1. The molecular formula is C23H32FN5O8. The van der Waals surface area contributed by atoms with Gasteiger partial charge in [-0.05, 0) is 25.0 Å². The van der Waals surface area contributed by atoms with Gasteiger partial charge < -0.3 is 51.9 Å². The molecule has 10 N–H and O–H groups in total. The van der Waals surface area contributed by atoms with Crippen molar-refractivity contribution < 1.29 is 44.2 Å². The molecular weight excluding hydrogens is 493 g/mol. The number of hydrogen-bond acceptors (Lipinski definition) is 12. The van der Waals surface area contributed by atoms with E-state index in [1.54, 1.807) is 0 Å². The van der Waals surface area contributed by atoms with E-state index in [1.165, 1.54) is 36.7 Å². The van der Waals surface area contributed by atoms with E-state index < -0.39 is 73.2 Å². The quantitative estimate of drug-likeness (QED) is 0.0999. The summed E-state index contributed by atoms with van der Waals surface area (Å²) in [6, 6.07) is 3.36. The molecule has 1 aromatic carbocycles. The molecule has 0 radical (unpaired) electrons. The molecule has 0 spiro atoms. The van der Waals surface area contributed by atoms with Gasteiger partial charge in [-0.2, -0.15) is 5.10 Å². The fraction of sp³-hybridized carbons (Fsp3) is 0.522. The van der Waals surface area contributed by atoms with Crippen LogP contribution in [0.2, 0.25) is 0 Å². The maximum absolute atomic E-state index is 13.6. The number of carboxylic acids is 1. The van der Waals surface area contributed by atoms with Crippen LogP contribution < -0.4 is 16.9 Å². The maximum atomic E-state index is 13.6. The van der Waals surface area contributed by atoms with Crippen LogP contribution in [0.5, 0.6) is 0 Å². The molecule has 1 saturated carbocycles. The molecule has 9 atom stereocenters. The lowest BCUT2D eigenvalue weighted by Gasteiger charge is -2.44. The number of nitrogens with two attached hydrogens (primary N) is 2. The molecule has 0 aromatic heterocycles. The summed E-state index contributed by atoms with van der Waals surface area (Å²) < 4.78 is 24.9. The van der Waals surface area contributed by atoms with Crippen molar-refractivity contribution in [1.29, 1.82) is 0 Å². The highest BCUT2D eigenvalue weighted by Crippen LogP contribution is 2.32. The summed E-state index contributed by atoms with van der Waals surface area (Å²) in [6.45, 7) is -0.655. The number of aliphatic imine (C=N–C) groups is 1. The van der Waals surface area contributed by atoms with Crippen LogP contribution >= 0.6 is 0 Å². The summed E-state index contributed by atoms with van der Waals surface area (Å²) in [6.07, 6.45) is -4.39. The number of hydrazone groups is 1. The summed E-state index contributed by atoms with van der Waals surface area (Å²) >= 11 is 0. The second-order valence-electron chi connectivity index (χ2n) is 8.80. The number of aliphatic hydroxyl groups is 4. The topological polar surface area (TPSA) is 225 Å². The number of benzene rings is 1. The lowest BCUT2D eigenvalue weighted by atomic mass is 9.81. The second kappa shape index (κ2) is 12.9. The second-order valence-corrected chi connectivity index (χ2v) is 8.80. The number of aliphatic hydroxyl groups excluding tert-OH is 4. The molecule has 204 valence electrons. The average Bonchev–Trinajstić information content (AvgIpc) is 2.87. The fourth-order valence-electron chi connectivity index (χ4n) is 4.42. The predicted molar refractivity (Wildman–Crippen MR) is 129 cm³/mol. The Bertz CT molecular complexity index is 1010. The third-order valence-electron chi connectivity index (χ3n) is 6.39. The van der Waals surface area contributed by atoms with Gasteiger partial charge in [0.05, 0.1) is 24.7 Å². The van der Waals surface area contributed by atoms with Gasteiger partial charge in [0.1, 0.15) is 42.0 Å². The molecule has 0 bridgehead atoms. The molecule has 1 heterocycles. The van der Waals surface area contributed by atoms with Crippen LogP contribution in [0.1, 0.15) is 18.4 Å². The Morgan fingerprint density at radius 2 is 2.00 bits per heavy atom. The van der Waals surface area contributed by atoms with Crippen molar-refractivity contribution >= 4 is 17.9 Å². The Kier molecular flexibility index (Phi) is 9.91. The highest BCUT2D eigenvalue weighted by atomic mass is 19.1. The molecule has 3 rings (SSSR count). The molecule has 9 unspecified atom stereocenters. The summed E-state index contributed by atoms with van der Waals surface area (Å²) in [5.74, 6) is 2.91. The number of nitrogens with one attached hydrogen (secondary N) is 1. The van der Waals surface area contributed by atoms with E-state index in [0.29, 0.717) is 5.56 Å². The van der Waals surface area contributed by atoms with Crippen LogP contribution in [-0.2, 0) is 14.3 Å². The molecule has 0 amide bonds. The van der Waals surface area contributed by atoms with Gasteiger partial charge in [0.2, 0.25) is 0 Å². The maximum Gasteiger partial charge on any atom is 0.306 e. The molecule has 13 nitrogen and oxygen atoms in total. The van der Waals surface area contributed by atoms with Crippen LogP contribution in [0, 0.1) is 11.7 Å². The van der Waals surface area contributed by atoms with Crippen molar-refractivity contribution in [3.63, 3.8) is 0 Å². The number of ether oxygens (including phenoxy) is 2. The van der Waals surface area contributed by atoms with Crippen LogP contribution in [0.25, 0.3) is 0 Å². The molecule has 1 aromatic rings. The summed E-state index contributed by atoms with van der Waals surface area (Å²) in [5, 5.41) is 58.0. The van der Waals surface area contributed by atoms with Crippen molar-refractivity contribution in [3.05, 3.63) is 48.0 Å². The molecule has 2 fully saturated rings. The largest absolute Gasteiger partial charge is 0.481 e. The van der Waals surface area contributed by atoms with E-state index >= 15 is 0 Å². The third kappa shape index (κ3) is 6.80. The zero-order valence-electron chi connectivity index (χ0n) is 19.7. The molecule has 37 heavy (non-hydrogen) atoms. The van der Waals surface area contributed by atoms with Gasteiger partial charge in [-0.15, -0.1) is 0 Å². The van der Waals surface area contributed by atoms with Crippen molar-refractivity contribution in [2.75, 3.05) is 6.61 Å². The molecule has 1 aliphatic carbocycles. The number of hydrogen-bond donors (Lipinski definition) is 8. The van der Waals surface area contributed by atoms with Crippen molar-refractivity contribution in [2.45, 2.75) is 61.7 Å². The Labute approximate surface area is 211 Å². The van der Waals surface area contributed by atoms with Gasteiger partial charge in [-0.25, -0.2) is 4.39 Å². The number of carbonyl (C=O) groups is 1. The summed E-state index contributed by atoms with van der Waals surface area (Å²) in [5.41, 5.74) is 5.68.